The molecular weight excluding hydrogens is 384 g/mol. The summed E-state index contributed by atoms with van der Waals surface area (Å²) in [6.07, 6.45) is 3.15. The van der Waals surface area contributed by atoms with Crippen molar-refractivity contribution in [3.63, 3.8) is 0 Å². The van der Waals surface area contributed by atoms with Crippen molar-refractivity contribution in [2.24, 2.45) is 0 Å². The number of thioether (sulfide) groups is 1. The smallest absolute Gasteiger partial charge is 0.247 e. The van der Waals surface area contributed by atoms with Gasteiger partial charge in [-0.25, -0.2) is 0 Å². The van der Waals surface area contributed by atoms with E-state index in [4.69, 9.17) is 9.47 Å². The summed E-state index contributed by atoms with van der Waals surface area (Å²) < 4.78 is 11.6. The van der Waals surface area contributed by atoms with Crippen molar-refractivity contribution in [2.45, 2.75) is 37.6 Å². The van der Waals surface area contributed by atoms with Crippen LogP contribution in [0.2, 0.25) is 0 Å². The van der Waals surface area contributed by atoms with Crippen LogP contribution in [0.3, 0.4) is 0 Å². The summed E-state index contributed by atoms with van der Waals surface area (Å²) in [6.45, 7) is 2.20. The molecule has 2 heterocycles. The maximum atomic E-state index is 6.29. The Hall–Kier alpha value is -2.80. The molecule has 0 aliphatic carbocycles. The summed E-state index contributed by atoms with van der Waals surface area (Å²) in [5.74, 6) is 2.28. The molecule has 2 aromatic carbocycles. The summed E-state index contributed by atoms with van der Waals surface area (Å²) in [7, 11) is 1.66. The zero-order valence-corrected chi connectivity index (χ0v) is 17.4. The van der Waals surface area contributed by atoms with E-state index >= 15 is 0 Å². The molecule has 1 aromatic heterocycles. The van der Waals surface area contributed by atoms with E-state index in [1.807, 2.05) is 48.5 Å². The highest BCUT2D eigenvalue weighted by atomic mass is 32.2. The summed E-state index contributed by atoms with van der Waals surface area (Å²) in [5.41, 5.74) is 3.50. The predicted octanol–water partition coefficient (Wildman–Crippen LogP) is 5.33. The number of nitrogens with one attached hydrogen (secondary N) is 1. The van der Waals surface area contributed by atoms with E-state index in [-0.39, 0.29) is 0 Å². The van der Waals surface area contributed by atoms with E-state index in [1.54, 1.807) is 18.9 Å². The van der Waals surface area contributed by atoms with Crippen LogP contribution >= 0.6 is 11.8 Å². The number of hydrogen-bond donors (Lipinski definition) is 1. The number of nitrogens with zero attached hydrogens (tertiary/aromatic N) is 3. The number of benzene rings is 2. The van der Waals surface area contributed by atoms with Crippen LogP contribution in [0.25, 0.3) is 11.3 Å². The number of rotatable bonds is 7. The molecule has 4 rings (SSSR count). The minimum Gasteiger partial charge on any atom is -0.497 e. The molecule has 0 amide bonds. The fourth-order valence-corrected chi connectivity index (χ4v) is 3.93. The summed E-state index contributed by atoms with van der Waals surface area (Å²) in [5, 5.41) is 12.9. The van der Waals surface area contributed by atoms with Crippen molar-refractivity contribution in [3.05, 3.63) is 54.1 Å². The van der Waals surface area contributed by atoms with Gasteiger partial charge < -0.3 is 14.8 Å². The number of fused-ring (bicyclic) bond motifs is 3. The van der Waals surface area contributed by atoms with Crippen LogP contribution < -0.4 is 14.8 Å². The average molecular weight is 409 g/mol. The molecule has 0 bridgehead atoms. The largest absolute Gasteiger partial charge is 0.497 e. The highest BCUT2D eigenvalue weighted by molar-refractivity contribution is 7.99. The molecule has 1 unspecified atom stereocenters. The number of ether oxygens (including phenoxy) is 2. The Morgan fingerprint density at radius 2 is 1.90 bits per heavy atom. The van der Waals surface area contributed by atoms with E-state index < -0.39 is 6.23 Å². The van der Waals surface area contributed by atoms with E-state index in [0.29, 0.717) is 16.7 Å². The molecule has 0 radical (unpaired) electrons. The minimum atomic E-state index is -0.391. The van der Waals surface area contributed by atoms with Gasteiger partial charge in [0.2, 0.25) is 11.0 Å². The van der Waals surface area contributed by atoms with Crippen molar-refractivity contribution in [1.29, 1.82) is 0 Å². The van der Waals surface area contributed by atoms with Gasteiger partial charge in [0, 0.05) is 22.6 Å². The van der Waals surface area contributed by atoms with Crippen molar-refractivity contribution in [2.75, 3.05) is 18.2 Å². The zero-order valence-electron chi connectivity index (χ0n) is 16.6. The third kappa shape index (κ3) is 4.45. The van der Waals surface area contributed by atoms with Crippen LogP contribution in [0, 0.1) is 0 Å². The first kappa shape index (κ1) is 19.5. The van der Waals surface area contributed by atoms with Crippen LogP contribution in [0.15, 0.2) is 53.7 Å². The molecule has 7 heteroatoms. The molecule has 0 saturated carbocycles. The molecule has 29 heavy (non-hydrogen) atoms. The highest BCUT2D eigenvalue weighted by Gasteiger charge is 2.26. The second-order valence-corrected chi connectivity index (χ2v) is 7.83. The Bertz CT molecular complexity index is 965. The van der Waals surface area contributed by atoms with Gasteiger partial charge in [0.05, 0.1) is 7.11 Å². The first-order valence-corrected chi connectivity index (χ1v) is 10.8. The van der Waals surface area contributed by atoms with Gasteiger partial charge in [-0.05, 0) is 36.8 Å². The molecule has 0 saturated heterocycles. The van der Waals surface area contributed by atoms with Crippen LogP contribution in [-0.4, -0.2) is 28.0 Å². The maximum absolute atomic E-state index is 6.29. The normalized spacial score (nSPS) is 14.8. The lowest BCUT2D eigenvalue weighted by Gasteiger charge is -2.19. The van der Waals surface area contributed by atoms with Gasteiger partial charge in [-0.15, -0.1) is 10.2 Å². The molecule has 0 fully saturated rings. The second-order valence-electron chi connectivity index (χ2n) is 6.76. The second kappa shape index (κ2) is 9.13. The first-order valence-electron chi connectivity index (χ1n) is 9.82. The van der Waals surface area contributed by atoms with Gasteiger partial charge in [0.25, 0.3) is 0 Å². The summed E-state index contributed by atoms with van der Waals surface area (Å²) in [4.78, 5) is 4.68. The van der Waals surface area contributed by atoms with Gasteiger partial charge in [0.1, 0.15) is 5.75 Å². The number of aromatic nitrogens is 3. The minimum absolute atomic E-state index is 0.391. The van der Waals surface area contributed by atoms with Crippen molar-refractivity contribution >= 4 is 17.4 Å². The number of para-hydroxylation sites is 1. The SMILES string of the molecule is CCCCCSc1nnc2c(n1)OC(c1ccc(OC)cc1)Nc1ccccc1-2. The first-order chi connectivity index (χ1) is 14.3. The third-order valence-corrected chi connectivity index (χ3v) is 5.66. The van der Waals surface area contributed by atoms with E-state index in [1.165, 1.54) is 12.8 Å². The maximum Gasteiger partial charge on any atom is 0.247 e. The van der Waals surface area contributed by atoms with E-state index in [2.05, 4.69) is 27.4 Å². The molecule has 1 aliphatic rings. The number of unbranched alkanes of at least 4 members (excludes halogenated alkanes) is 2. The Kier molecular flexibility index (Phi) is 6.14. The van der Waals surface area contributed by atoms with Crippen LogP contribution in [0.5, 0.6) is 11.6 Å². The molecule has 3 aromatic rings. The lowest BCUT2D eigenvalue weighted by molar-refractivity contribution is 0.225. The average Bonchev–Trinajstić information content (AvgIpc) is 2.93. The highest BCUT2D eigenvalue weighted by Crippen LogP contribution is 2.39. The van der Waals surface area contributed by atoms with E-state index in [9.17, 15) is 0 Å². The van der Waals surface area contributed by atoms with Crippen molar-refractivity contribution in [1.82, 2.24) is 15.2 Å². The Labute approximate surface area is 175 Å². The number of anilines is 1. The van der Waals surface area contributed by atoms with Crippen LogP contribution in [0.4, 0.5) is 5.69 Å². The summed E-state index contributed by atoms with van der Waals surface area (Å²) in [6, 6.07) is 15.8. The lowest BCUT2D eigenvalue weighted by Crippen LogP contribution is -2.17. The van der Waals surface area contributed by atoms with E-state index in [0.717, 1.165) is 34.7 Å². The summed E-state index contributed by atoms with van der Waals surface area (Å²) >= 11 is 1.62. The number of hydrogen-bond acceptors (Lipinski definition) is 7. The standard InChI is InChI=1S/C22H24N4O2S/c1-3-4-7-14-29-22-24-21-19(25-26-22)17-8-5-6-9-18(17)23-20(28-21)15-10-12-16(27-2)13-11-15/h5-6,8-13,20,23H,3-4,7,14H2,1-2H3. The molecule has 0 spiro atoms. The molecule has 150 valence electrons. The van der Waals surface area contributed by atoms with Crippen molar-refractivity contribution in [3.8, 4) is 22.9 Å². The molecule has 6 nitrogen and oxygen atoms in total. The Morgan fingerprint density at radius 3 is 2.69 bits per heavy atom. The van der Waals surface area contributed by atoms with Crippen LogP contribution in [-0.2, 0) is 0 Å². The molecular formula is C22H24N4O2S. The zero-order chi connectivity index (χ0) is 20.1. The fourth-order valence-electron chi connectivity index (χ4n) is 3.15. The van der Waals surface area contributed by atoms with Gasteiger partial charge in [-0.2, -0.15) is 4.98 Å². The Balaban J connectivity index is 1.66. The van der Waals surface area contributed by atoms with Gasteiger partial charge in [-0.1, -0.05) is 49.7 Å². The lowest BCUT2D eigenvalue weighted by atomic mass is 10.1. The number of methoxy groups -OCH3 is 1. The topological polar surface area (TPSA) is 69.2 Å². The fraction of sp³-hybridized carbons (Fsp3) is 0.318. The third-order valence-electron chi connectivity index (χ3n) is 4.73. The predicted molar refractivity (Wildman–Crippen MR) is 115 cm³/mol. The van der Waals surface area contributed by atoms with Gasteiger partial charge in [-0.3, -0.25) is 0 Å². The molecule has 1 atom stereocenters. The monoisotopic (exact) mass is 408 g/mol. The van der Waals surface area contributed by atoms with Gasteiger partial charge in [0.15, 0.2) is 11.9 Å². The van der Waals surface area contributed by atoms with Crippen molar-refractivity contribution < 1.29 is 9.47 Å². The molecule has 1 N–H and O–H groups in total. The molecule has 1 aliphatic heterocycles. The Morgan fingerprint density at radius 1 is 1.07 bits per heavy atom. The quantitative estimate of drug-likeness (QED) is 0.418. The van der Waals surface area contributed by atoms with Gasteiger partial charge >= 0.3 is 0 Å². The van der Waals surface area contributed by atoms with Crippen LogP contribution in [0.1, 0.15) is 38.0 Å².